The number of para-hydroxylation sites is 1. The van der Waals surface area contributed by atoms with Gasteiger partial charge in [0.25, 0.3) is 5.91 Å². The second-order valence-electron chi connectivity index (χ2n) is 7.32. The van der Waals surface area contributed by atoms with Crippen molar-refractivity contribution < 1.29 is 4.79 Å². The van der Waals surface area contributed by atoms with E-state index in [1.807, 2.05) is 38.1 Å². The predicted molar refractivity (Wildman–Crippen MR) is 117 cm³/mol. The van der Waals surface area contributed by atoms with Crippen molar-refractivity contribution in [2.45, 2.75) is 13.8 Å². The van der Waals surface area contributed by atoms with Crippen LogP contribution in [0.5, 0.6) is 0 Å². The maximum Gasteiger partial charge on any atom is 0.275 e. The van der Waals surface area contributed by atoms with Crippen LogP contribution in [0.2, 0.25) is 0 Å². The maximum atomic E-state index is 12.5. The maximum absolute atomic E-state index is 12.5. The molecule has 0 atom stereocenters. The molecule has 0 spiro atoms. The fourth-order valence-corrected chi connectivity index (χ4v) is 3.45. The number of rotatable bonds is 4. The Bertz CT molecular complexity index is 980. The van der Waals surface area contributed by atoms with E-state index in [-0.39, 0.29) is 5.91 Å². The van der Waals surface area contributed by atoms with Crippen molar-refractivity contribution in [3.63, 3.8) is 0 Å². The quantitative estimate of drug-likeness (QED) is 0.740. The number of nitrogens with zero attached hydrogens (tertiary/aromatic N) is 4. The van der Waals surface area contributed by atoms with E-state index in [4.69, 9.17) is 0 Å². The average molecular weight is 387 g/mol. The van der Waals surface area contributed by atoms with Gasteiger partial charge in [0.1, 0.15) is 11.5 Å². The van der Waals surface area contributed by atoms with Gasteiger partial charge in [-0.1, -0.05) is 24.3 Å². The lowest BCUT2D eigenvalue weighted by Gasteiger charge is -2.36. The predicted octanol–water partition coefficient (Wildman–Crippen LogP) is 3.67. The Hall–Kier alpha value is -3.41. The van der Waals surface area contributed by atoms with Gasteiger partial charge in [-0.05, 0) is 49.2 Å². The zero-order valence-electron chi connectivity index (χ0n) is 16.8. The Morgan fingerprint density at radius 1 is 0.862 bits per heavy atom. The van der Waals surface area contributed by atoms with Gasteiger partial charge in [0, 0.05) is 37.6 Å². The highest BCUT2D eigenvalue weighted by molar-refractivity contribution is 6.02. The minimum absolute atomic E-state index is 0.249. The van der Waals surface area contributed by atoms with Gasteiger partial charge < -0.3 is 15.1 Å². The molecule has 6 nitrogen and oxygen atoms in total. The minimum Gasteiger partial charge on any atom is -0.368 e. The Kier molecular flexibility index (Phi) is 5.42. The summed E-state index contributed by atoms with van der Waals surface area (Å²) in [7, 11) is 0. The number of nitrogens with one attached hydrogen (secondary N) is 1. The summed E-state index contributed by atoms with van der Waals surface area (Å²) in [4.78, 5) is 25.9. The topological polar surface area (TPSA) is 61.4 Å². The molecule has 1 fully saturated rings. The molecule has 1 amide bonds. The molecule has 0 aliphatic carbocycles. The normalized spacial score (nSPS) is 14.0. The summed E-state index contributed by atoms with van der Waals surface area (Å²) in [5.41, 5.74) is 4.66. The van der Waals surface area contributed by atoms with Gasteiger partial charge >= 0.3 is 0 Å². The number of anilines is 3. The zero-order valence-corrected chi connectivity index (χ0v) is 16.8. The second kappa shape index (κ2) is 8.31. The molecule has 148 valence electrons. The molecule has 4 rings (SSSR count). The van der Waals surface area contributed by atoms with E-state index in [0.717, 1.165) is 43.2 Å². The molecule has 1 aromatic heterocycles. The van der Waals surface area contributed by atoms with Crippen molar-refractivity contribution in [1.82, 2.24) is 9.97 Å². The number of aromatic nitrogens is 2. The summed E-state index contributed by atoms with van der Waals surface area (Å²) >= 11 is 0. The summed E-state index contributed by atoms with van der Waals surface area (Å²) in [6.45, 7) is 7.68. The van der Waals surface area contributed by atoms with Crippen LogP contribution in [0.3, 0.4) is 0 Å². The minimum atomic E-state index is -0.249. The molecule has 1 N–H and O–H groups in total. The number of aryl methyl sites for hydroxylation is 2. The summed E-state index contributed by atoms with van der Waals surface area (Å²) in [6, 6.07) is 16.3. The number of piperazine rings is 1. The van der Waals surface area contributed by atoms with Crippen molar-refractivity contribution in [3.8, 4) is 0 Å². The molecule has 1 aliphatic rings. The van der Waals surface area contributed by atoms with Crippen molar-refractivity contribution >= 4 is 23.1 Å². The first-order valence-corrected chi connectivity index (χ1v) is 9.86. The van der Waals surface area contributed by atoms with Gasteiger partial charge in [-0.3, -0.25) is 4.79 Å². The monoisotopic (exact) mass is 387 g/mol. The van der Waals surface area contributed by atoms with Crippen LogP contribution in [0.4, 0.5) is 17.2 Å². The summed E-state index contributed by atoms with van der Waals surface area (Å²) in [6.07, 6.45) is 3.24. The lowest BCUT2D eigenvalue weighted by molar-refractivity contribution is 0.102. The van der Waals surface area contributed by atoms with E-state index in [1.165, 1.54) is 11.3 Å². The van der Waals surface area contributed by atoms with Gasteiger partial charge in [-0.25, -0.2) is 9.97 Å². The molecule has 29 heavy (non-hydrogen) atoms. The van der Waals surface area contributed by atoms with Crippen molar-refractivity contribution in [2.75, 3.05) is 41.3 Å². The molecule has 2 aromatic carbocycles. The molecule has 6 heteroatoms. The van der Waals surface area contributed by atoms with Gasteiger partial charge in [0.15, 0.2) is 0 Å². The van der Waals surface area contributed by atoms with Crippen LogP contribution in [0.15, 0.2) is 60.9 Å². The van der Waals surface area contributed by atoms with Crippen LogP contribution in [-0.4, -0.2) is 42.1 Å². The van der Waals surface area contributed by atoms with E-state index in [0.29, 0.717) is 5.69 Å². The van der Waals surface area contributed by atoms with Gasteiger partial charge in [0.2, 0.25) is 0 Å². The highest BCUT2D eigenvalue weighted by Crippen LogP contribution is 2.19. The number of hydrogen-bond donors (Lipinski definition) is 1. The number of carbonyl (C=O) groups excluding carboxylic acids is 1. The molecule has 0 saturated carbocycles. The molecule has 1 saturated heterocycles. The first-order valence-electron chi connectivity index (χ1n) is 9.86. The van der Waals surface area contributed by atoms with Gasteiger partial charge in [-0.2, -0.15) is 0 Å². The van der Waals surface area contributed by atoms with Crippen molar-refractivity contribution in [2.24, 2.45) is 0 Å². The fourth-order valence-electron chi connectivity index (χ4n) is 3.45. The van der Waals surface area contributed by atoms with E-state index in [1.54, 1.807) is 12.4 Å². The Morgan fingerprint density at radius 3 is 2.24 bits per heavy atom. The van der Waals surface area contributed by atoms with E-state index in [2.05, 4.69) is 49.4 Å². The number of benzene rings is 2. The lowest BCUT2D eigenvalue weighted by atomic mass is 10.1. The summed E-state index contributed by atoms with van der Waals surface area (Å²) < 4.78 is 0. The lowest BCUT2D eigenvalue weighted by Crippen LogP contribution is -2.46. The Morgan fingerprint density at radius 2 is 1.59 bits per heavy atom. The molecule has 1 aliphatic heterocycles. The second-order valence-corrected chi connectivity index (χ2v) is 7.32. The highest BCUT2D eigenvalue weighted by Gasteiger charge is 2.19. The van der Waals surface area contributed by atoms with Crippen molar-refractivity contribution in [3.05, 3.63) is 77.7 Å². The average Bonchev–Trinajstić information content (AvgIpc) is 2.77. The molecule has 0 radical (unpaired) electrons. The molecular weight excluding hydrogens is 362 g/mol. The van der Waals surface area contributed by atoms with E-state index in [9.17, 15) is 4.79 Å². The first-order chi connectivity index (χ1) is 14.1. The molecule has 0 unspecified atom stereocenters. The van der Waals surface area contributed by atoms with E-state index >= 15 is 0 Å². The fraction of sp³-hybridized carbons (Fsp3) is 0.261. The van der Waals surface area contributed by atoms with Crippen LogP contribution < -0.4 is 15.1 Å². The molecule has 3 aromatic rings. The van der Waals surface area contributed by atoms with Crippen molar-refractivity contribution in [1.29, 1.82) is 0 Å². The zero-order chi connectivity index (χ0) is 20.2. The summed E-state index contributed by atoms with van der Waals surface area (Å²) in [5, 5.41) is 2.89. The molecule has 0 bridgehead atoms. The largest absolute Gasteiger partial charge is 0.368 e. The van der Waals surface area contributed by atoms with Gasteiger partial charge in [0.05, 0.1) is 12.4 Å². The number of hydrogen-bond acceptors (Lipinski definition) is 5. The van der Waals surface area contributed by atoms with Crippen LogP contribution >= 0.6 is 0 Å². The molecular formula is C23H25N5O. The Balaban J connectivity index is 1.36. The third-order valence-electron chi connectivity index (χ3n) is 5.36. The third kappa shape index (κ3) is 4.37. The van der Waals surface area contributed by atoms with Crippen LogP contribution in [0.1, 0.15) is 21.6 Å². The standard InChI is InChI=1S/C23H25N5O/c1-17-8-9-19(14-18(17)2)26-23(29)21-15-25-22(16-24-21)28-12-10-27(11-13-28)20-6-4-3-5-7-20/h3-9,14-16H,10-13H2,1-2H3,(H,26,29). The smallest absolute Gasteiger partial charge is 0.275 e. The molecule has 2 heterocycles. The van der Waals surface area contributed by atoms with Crippen LogP contribution in [0, 0.1) is 13.8 Å². The number of carbonyl (C=O) groups is 1. The van der Waals surface area contributed by atoms with E-state index < -0.39 is 0 Å². The summed E-state index contributed by atoms with van der Waals surface area (Å²) in [5.74, 6) is 0.557. The third-order valence-corrected chi connectivity index (χ3v) is 5.36. The van der Waals surface area contributed by atoms with Crippen LogP contribution in [-0.2, 0) is 0 Å². The van der Waals surface area contributed by atoms with Gasteiger partial charge in [-0.15, -0.1) is 0 Å². The van der Waals surface area contributed by atoms with Crippen LogP contribution in [0.25, 0.3) is 0 Å². The first kappa shape index (κ1) is 18.9. The highest BCUT2D eigenvalue weighted by atomic mass is 16.1. The number of amides is 1. The Labute approximate surface area is 171 Å². The SMILES string of the molecule is Cc1ccc(NC(=O)c2cnc(N3CCN(c4ccccc4)CC3)cn2)cc1C.